The van der Waals surface area contributed by atoms with E-state index in [0.717, 1.165) is 20.5 Å². The Hall–Kier alpha value is -1.85. The molecule has 1 amide bonds. The molecule has 0 fully saturated rings. The summed E-state index contributed by atoms with van der Waals surface area (Å²) < 4.78 is 32.1. The Balaban J connectivity index is 2.31. The van der Waals surface area contributed by atoms with Gasteiger partial charge in [-0.2, -0.15) is 0 Å². The standard InChI is InChI=1S/C17H24N4O4S3/c1-10(2)26-17-20-19-16(27-17)18-15(22)12(4)21(28(6,23)24)13-9-11(3)7-8-14(13)25-5/h7-10,12H,1-6H3,(H,18,19,22)/t12-/m0/s1. The molecule has 0 bridgehead atoms. The zero-order valence-corrected chi connectivity index (χ0v) is 19.0. The molecule has 0 aliphatic heterocycles. The Morgan fingerprint density at radius 2 is 1.96 bits per heavy atom. The van der Waals surface area contributed by atoms with Gasteiger partial charge in [-0.25, -0.2) is 8.42 Å². The molecule has 0 aliphatic carbocycles. The number of benzene rings is 1. The second-order valence-electron chi connectivity index (χ2n) is 6.44. The number of ether oxygens (including phenoxy) is 1. The molecule has 0 aliphatic rings. The van der Waals surface area contributed by atoms with Crippen LogP contribution in [0.15, 0.2) is 22.5 Å². The Morgan fingerprint density at radius 1 is 1.29 bits per heavy atom. The van der Waals surface area contributed by atoms with Crippen LogP contribution in [0.2, 0.25) is 0 Å². The molecule has 1 heterocycles. The first kappa shape index (κ1) is 22.4. The summed E-state index contributed by atoms with van der Waals surface area (Å²) in [4.78, 5) is 12.8. The minimum Gasteiger partial charge on any atom is -0.495 e. The van der Waals surface area contributed by atoms with Crippen LogP contribution in [0.1, 0.15) is 26.3 Å². The number of amides is 1. The molecule has 0 saturated carbocycles. The molecular formula is C17H24N4O4S3. The highest BCUT2D eigenvalue weighted by atomic mass is 32.2. The first-order chi connectivity index (χ1) is 13.0. The molecule has 1 aromatic carbocycles. The van der Waals surface area contributed by atoms with E-state index in [0.29, 0.717) is 21.8 Å². The van der Waals surface area contributed by atoms with Gasteiger partial charge in [0.25, 0.3) is 0 Å². The number of thioether (sulfide) groups is 1. The molecule has 1 atom stereocenters. The number of hydrogen-bond donors (Lipinski definition) is 1. The normalized spacial score (nSPS) is 12.7. The second kappa shape index (κ2) is 9.10. The van der Waals surface area contributed by atoms with Gasteiger partial charge in [0.05, 0.1) is 19.1 Å². The van der Waals surface area contributed by atoms with Gasteiger partial charge in [0.1, 0.15) is 11.8 Å². The van der Waals surface area contributed by atoms with Crippen LogP contribution in [0.3, 0.4) is 0 Å². The lowest BCUT2D eigenvalue weighted by atomic mass is 10.2. The Bertz CT molecular complexity index is 944. The fraction of sp³-hybridized carbons (Fsp3) is 0.471. The number of carbonyl (C=O) groups excluding carboxylic acids is 1. The van der Waals surface area contributed by atoms with Crippen LogP contribution in [0.4, 0.5) is 10.8 Å². The molecule has 1 aromatic heterocycles. The first-order valence-electron chi connectivity index (χ1n) is 8.48. The van der Waals surface area contributed by atoms with Crippen LogP contribution in [0.5, 0.6) is 5.75 Å². The van der Waals surface area contributed by atoms with Gasteiger partial charge in [-0.1, -0.05) is 43.0 Å². The van der Waals surface area contributed by atoms with E-state index in [9.17, 15) is 13.2 Å². The number of aryl methyl sites for hydroxylation is 1. The second-order valence-corrected chi connectivity index (χ2v) is 11.1. The van der Waals surface area contributed by atoms with Crippen LogP contribution in [-0.2, 0) is 14.8 Å². The quantitative estimate of drug-likeness (QED) is 0.493. The average Bonchev–Trinajstić information content (AvgIpc) is 3.00. The van der Waals surface area contributed by atoms with Crippen LogP contribution >= 0.6 is 23.1 Å². The van der Waals surface area contributed by atoms with E-state index < -0.39 is 22.0 Å². The highest BCUT2D eigenvalue weighted by molar-refractivity contribution is 8.01. The fourth-order valence-electron chi connectivity index (χ4n) is 2.47. The predicted octanol–water partition coefficient (Wildman–Crippen LogP) is 3.15. The van der Waals surface area contributed by atoms with Crippen LogP contribution < -0.4 is 14.4 Å². The minimum absolute atomic E-state index is 0.306. The maximum absolute atomic E-state index is 12.8. The molecule has 8 nitrogen and oxygen atoms in total. The predicted molar refractivity (Wildman–Crippen MR) is 114 cm³/mol. The van der Waals surface area contributed by atoms with E-state index >= 15 is 0 Å². The molecule has 2 aromatic rings. The van der Waals surface area contributed by atoms with Crippen molar-refractivity contribution in [2.24, 2.45) is 0 Å². The zero-order chi connectivity index (χ0) is 21.1. The van der Waals surface area contributed by atoms with Gasteiger partial charge in [-0.05, 0) is 31.5 Å². The molecule has 11 heteroatoms. The number of aromatic nitrogens is 2. The van der Waals surface area contributed by atoms with Gasteiger partial charge in [0.15, 0.2) is 4.34 Å². The lowest BCUT2D eigenvalue weighted by Gasteiger charge is -2.29. The van der Waals surface area contributed by atoms with Gasteiger partial charge >= 0.3 is 0 Å². The third kappa shape index (κ3) is 5.58. The van der Waals surface area contributed by atoms with Crippen molar-refractivity contribution < 1.29 is 17.9 Å². The highest BCUT2D eigenvalue weighted by Crippen LogP contribution is 2.33. The SMILES string of the molecule is COc1ccc(C)cc1N([C@@H](C)C(=O)Nc1nnc(SC(C)C)s1)S(C)(=O)=O. The maximum Gasteiger partial charge on any atom is 0.249 e. The van der Waals surface area contributed by atoms with E-state index in [1.807, 2.05) is 26.8 Å². The van der Waals surface area contributed by atoms with Gasteiger partial charge in [0, 0.05) is 5.25 Å². The monoisotopic (exact) mass is 444 g/mol. The van der Waals surface area contributed by atoms with Crippen molar-refractivity contribution in [2.75, 3.05) is 23.0 Å². The maximum atomic E-state index is 12.8. The summed E-state index contributed by atoms with van der Waals surface area (Å²) in [5.41, 5.74) is 1.15. The van der Waals surface area contributed by atoms with E-state index in [2.05, 4.69) is 15.5 Å². The van der Waals surface area contributed by atoms with Crippen molar-refractivity contribution >= 4 is 49.8 Å². The summed E-state index contributed by atoms with van der Waals surface area (Å²) in [5.74, 6) is -0.145. The van der Waals surface area contributed by atoms with Crippen LogP contribution in [-0.4, -0.2) is 49.2 Å². The number of nitrogens with zero attached hydrogens (tertiary/aromatic N) is 3. The molecule has 1 N–H and O–H groups in total. The largest absolute Gasteiger partial charge is 0.495 e. The van der Waals surface area contributed by atoms with Gasteiger partial charge in [-0.15, -0.1) is 10.2 Å². The zero-order valence-electron chi connectivity index (χ0n) is 16.6. The van der Waals surface area contributed by atoms with Crippen molar-refractivity contribution in [1.29, 1.82) is 0 Å². The number of methoxy groups -OCH3 is 1. The molecular weight excluding hydrogens is 420 g/mol. The number of hydrogen-bond acceptors (Lipinski definition) is 8. The molecule has 0 saturated heterocycles. The summed E-state index contributed by atoms with van der Waals surface area (Å²) in [6, 6.07) is 4.14. The lowest BCUT2D eigenvalue weighted by molar-refractivity contribution is -0.116. The van der Waals surface area contributed by atoms with Gasteiger partial charge in [-0.3, -0.25) is 14.4 Å². The van der Waals surface area contributed by atoms with Crippen molar-refractivity contribution in [2.45, 2.75) is 43.3 Å². The van der Waals surface area contributed by atoms with E-state index in [4.69, 9.17) is 4.74 Å². The van der Waals surface area contributed by atoms with Crippen molar-refractivity contribution in [3.8, 4) is 5.75 Å². The van der Waals surface area contributed by atoms with E-state index in [1.54, 1.807) is 12.1 Å². The topological polar surface area (TPSA) is 101 Å². The average molecular weight is 445 g/mol. The van der Waals surface area contributed by atoms with Gasteiger partial charge < -0.3 is 4.74 Å². The molecule has 28 heavy (non-hydrogen) atoms. The minimum atomic E-state index is -3.76. The molecule has 154 valence electrons. The first-order valence-corrected chi connectivity index (χ1v) is 12.0. The molecule has 2 rings (SSSR count). The van der Waals surface area contributed by atoms with Crippen LogP contribution in [0.25, 0.3) is 0 Å². The molecule has 0 radical (unpaired) electrons. The smallest absolute Gasteiger partial charge is 0.249 e. The Labute approximate surface area is 173 Å². The third-order valence-electron chi connectivity index (χ3n) is 3.63. The summed E-state index contributed by atoms with van der Waals surface area (Å²) in [5, 5.41) is 11.3. The summed E-state index contributed by atoms with van der Waals surface area (Å²) in [6.07, 6.45) is 1.06. The number of carbonyl (C=O) groups is 1. The molecule has 0 unspecified atom stereocenters. The summed E-state index contributed by atoms with van der Waals surface area (Å²) in [6.45, 7) is 7.42. The third-order valence-corrected chi connectivity index (χ3v) is 6.79. The number of sulfonamides is 1. The van der Waals surface area contributed by atoms with E-state index in [1.165, 1.54) is 37.1 Å². The van der Waals surface area contributed by atoms with Crippen molar-refractivity contribution in [3.05, 3.63) is 23.8 Å². The number of anilines is 2. The van der Waals surface area contributed by atoms with Crippen molar-refractivity contribution in [1.82, 2.24) is 10.2 Å². The Kier molecular flexibility index (Phi) is 7.29. The van der Waals surface area contributed by atoms with E-state index in [-0.39, 0.29) is 0 Å². The van der Waals surface area contributed by atoms with Gasteiger partial charge in [0.2, 0.25) is 21.1 Å². The fourth-order valence-corrected chi connectivity index (χ4v) is 5.62. The Morgan fingerprint density at radius 3 is 2.54 bits per heavy atom. The number of rotatable bonds is 8. The lowest BCUT2D eigenvalue weighted by Crippen LogP contribution is -2.45. The highest BCUT2D eigenvalue weighted by Gasteiger charge is 2.32. The summed E-state index contributed by atoms with van der Waals surface area (Å²) in [7, 11) is -2.31. The number of nitrogens with one attached hydrogen (secondary N) is 1. The molecule has 0 spiro atoms. The summed E-state index contributed by atoms with van der Waals surface area (Å²) >= 11 is 2.79. The van der Waals surface area contributed by atoms with Crippen LogP contribution in [0, 0.1) is 6.92 Å². The van der Waals surface area contributed by atoms with Crippen molar-refractivity contribution in [3.63, 3.8) is 0 Å².